The summed E-state index contributed by atoms with van der Waals surface area (Å²) in [6.07, 6.45) is 2.06. The van der Waals surface area contributed by atoms with E-state index in [1.165, 1.54) is 13.0 Å². The molecule has 0 fully saturated rings. The zero-order valence-corrected chi connectivity index (χ0v) is 14.8. The Morgan fingerprint density at radius 3 is 2.50 bits per heavy atom. The zero-order valence-electron chi connectivity index (χ0n) is 14.8. The van der Waals surface area contributed by atoms with Crippen LogP contribution < -0.4 is 14.8 Å². The molecule has 0 aliphatic carbocycles. The van der Waals surface area contributed by atoms with E-state index in [4.69, 9.17) is 14.2 Å². The molecule has 1 aromatic rings. The van der Waals surface area contributed by atoms with Crippen LogP contribution in [-0.4, -0.2) is 37.7 Å². The molecule has 1 N–H and O–H groups in total. The lowest BCUT2D eigenvalue weighted by Crippen LogP contribution is -2.35. The smallest absolute Gasteiger partial charge is 0.331 e. The van der Waals surface area contributed by atoms with Gasteiger partial charge in [0, 0.05) is 12.6 Å². The van der Waals surface area contributed by atoms with Crippen LogP contribution in [0.2, 0.25) is 0 Å². The molecule has 0 aliphatic rings. The van der Waals surface area contributed by atoms with E-state index in [-0.39, 0.29) is 12.0 Å². The summed E-state index contributed by atoms with van der Waals surface area (Å²) >= 11 is 0. The van der Waals surface area contributed by atoms with E-state index >= 15 is 0 Å². The number of hydrogen-bond donors (Lipinski definition) is 1. The highest BCUT2D eigenvalue weighted by molar-refractivity contribution is 5.90. The van der Waals surface area contributed by atoms with Crippen LogP contribution in [0.25, 0.3) is 6.08 Å². The van der Waals surface area contributed by atoms with E-state index in [1.807, 2.05) is 13.8 Å². The average molecular weight is 335 g/mol. The van der Waals surface area contributed by atoms with Gasteiger partial charge in [-0.05, 0) is 51.5 Å². The molecule has 1 aromatic carbocycles. The summed E-state index contributed by atoms with van der Waals surface area (Å²) in [6, 6.07) is 5.34. The fraction of sp³-hybridized carbons (Fsp3) is 0.444. The number of esters is 1. The van der Waals surface area contributed by atoms with E-state index in [0.29, 0.717) is 18.0 Å². The quantitative estimate of drug-likeness (QED) is 0.584. The molecule has 6 nitrogen and oxygen atoms in total. The lowest BCUT2D eigenvalue weighted by Gasteiger charge is -2.13. The summed E-state index contributed by atoms with van der Waals surface area (Å²) in [5.41, 5.74) is 0.755. The fourth-order valence-electron chi connectivity index (χ4n) is 1.89. The van der Waals surface area contributed by atoms with Gasteiger partial charge >= 0.3 is 5.97 Å². The molecule has 0 aromatic heterocycles. The highest BCUT2D eigenvalue weighted by Gasteiger charge is 2.15. The van der Waals surface area contributed by atoms with Gasteiger partial charge in [0.1, 0.15) is 0 Å². The van der Waals surface area contributed by atoms with Crippen molar-refractivity contribution in [1.29, 1.82) is 0 Å². The average Bonchev–Trinajstić information content (AvgIpc) is 2.53. The van der Waals surface area contributed by atoms with Crippen molar-refractivity contribution in [3.05, 3.63) is 29.8 Å². The Bertz CT molecular complexity index is 595. The Balaban J connectivity index is 2.72. The number of carbonyl (C=O) groups is 2. The molecule has 132 valence electrons. The number of amides is 1. The highest BCUT2D eigenvalue weighted by Crippen LogP contribution is 2.29. The Labute approximate surface area is 142 Å². The number of benzene rings is 1. The molecule has 0 saturated heterocycles. The third-order valence-electron chi connectivity index (χ3n) is 2.98. The first-order valence-corrected chi connectivity index (χ1v) is 7.88. The number of rotatable bonds is 8. The number of likely N-dealkylation sites (N-methyl/N-ethyl adjacent to an activating group) is 1. The summed E-state index contributed by atoms with van der Waals surface area (Å²) in [5.74, 6) is 0.304. The van der Waals surface area contributed by atoms with Gasteiger partial charge < -0.3 is 19.5 Å². The third kappa shape index (κ3) is 6.32. The van der Waals surface area contributed by atoms with Gasteiger partial charge in [-0.25, -0.2) is 4.79 Å². The van der Waals surface area contributed by atoms with Crippen LogP contribution in [0.4, 0.5) is 0 Å². The maximum absolute atomic E-state index is 11.8. The summed E-state index contributed by atoms with van der Waals surface area (Å²) in [6.45, 7) is 7.67. The molecule has 0 aliphatic heterocycles. The Morgan fingerprint density at radius 1 is 1.21 bits per heavy atom. The maximum atomic E-state index is 11.8. The predicted molar refractivity (Wildman–Crippen MR) is 92.0 cm³/mol. The van der Waals surface area contributed by atoms with Gasteiger partial charge in [0.2, 0.25) is 0 Å². The fourth-order valence-corrected chi connectivity index (χ4v) is 1.89. The van der Waals surface area contributed by atoms with Gasteiger partial charge in [0.15, 0.2) is 17.6 Å². The van der Waals surface area contributed by atoms with Crippen molar-refractivity contribution in [2.45, 2.75) is 39.9 Å². The number of methoxy groups -OCH3 is 1. The number of ether oxygens (including phenoxy) is 3. The summed E-state index contributed by atoms with van der Waals surface area (Å²) in [4.78, 5) is 23.3. The van der Waals surface area contributed by atoms with Crippen LogP contribution in [0.3, 0.4) is 0 Å². The van der Waals surface area contributed by atoms with Crippen molar-refractivity contribution >= 4 is 18.0 Å². The van der Waals surface area contributed by atoms with Crippen LogP contribution in [0.15, 0.2) is 24.3 Å². The van der Waals surface area contributed by atoms with Gasteiger partial charge in [-0.1, -0.05) is 6.07 Å². The molecule has 1 rings (SSSR count). The molecule has 1 atom stereocenters. The second-order valence-corrected chi connectivity index (χ2v) is 5.38. The molecule has 0 unspecified atom stereocenters. The Kier molecular flexibility index (Phi) is 7.82. The maximum Gasteiger partial charge on any atom is 0.331 e. The minimum Gasteiger partial charge on any atom is -0.493 e. The van der Waals surface area contributed by atoms with Gasteiger partial charge in [-0.15, -0.1) is 0 Å². The number of hydrogen-bond acceptors (Lipinski definition) is 5. The second kappa shape index (κ2) is 9.60. The largest absolute Gasteiger partial charge is 0.493 e. The van der Waals surface area contributed by atoms with Gasteiger partial charge in [-0.3, -0.25) is 4.79 Å². The number of carbonyl (C=O) groups excluding carboxylic acids is 2. The zero-order chi connectivity index (χ0) is 18.1. The molecule has 6 heteroatoms. The SMILES string of the molecule is CCNC(=O)[C@H](C)OC(=O)/C=C/c1ccc(OC(C)C)c(OC)c1. The molecular formula is C18H25NO5. The summed E-state index contributed by atoms with van der Waals surface area (Å²) in [5, 5.41) is 2.59. The Hall–Kier alpha value is -2.50. The number of nitrogens with one attached hydrogen (secondary N) is 1. The minimum absolute atomic E-state index is 0.0334. The molecule has 24 heavy (non-hydrogen) atoms. The topological polar surface area (TPSA) is 73.9 Å². The van der Waals surface area contributed by atoms with Crippen molar-refractivity contribution in [2.75, 3.05) is 13.7 Å². The van der Waals surface area contributed by atoms with Gasteiger partial charge in [0.05, 0.1) is 13.2 Å². The minimum atomic E-state index is -0.835. The third-order valence-corrected chi connectivity index (χ3v) is 2.98. The predicted octanol–water partition coefficient (Wildman–Crippen LogP) is 2.56. The van der Waals surface area contributed by atoms with Crippen molar-refractivity contribution < 1.29 is 23.8 Å². The van der Waals surface area contributed by atoms with Crippen LogP contribution >= 0.6 is 0 Å². The molecule has 0 saturated carbocycles. The van der Waals surface area contributed by atoms with E-state index in [9.17, 15) is 9.59 Å². The summed E-state index contributed by atoms with van der Waals surface area (Å²) in [7, 11) is 1.55. The molecule has 0 spiro atoms. The molecular weight excluding hydrogens is 310 g/mol. The van der Waals surface area contributed by atoms with Gasteiger partial charge in [-0.2, -0.15) is 0 Å². The first kappa shape index (κ1) is 19.5. The summed E-state index contributed by atoms with van der Waals surface area (Å²) < 4.78 is 15.9. The van der Waals surface area contributed by atoms with E-state index in [2.05, 4.69) is 5.32 Å². The van der Waals surface area contributed by atoms with E-state index in [0.717, 1.165) is 5.56 Å². The second-order valence-electron chi connectivity index (χ2n) is 5.38. The first-order valence-electron chi connectivity index (χ1n) is 7.88. The standard InChI is InChI=1S/C18H25NO5/c1-6-19-18(21)13(4)24-17(20)10-8-14-7-9-15(23-12(2)3)16(11-14)22-5/h7-13H,6H2,1-5H3,(H,19,21)/b10-8+/t13-/m0/s1. The lowest BCUT2D eigenvalue weighted by atomic mass is 10.2. The van der Waals surface area contributed by atoms with Crippen LogP contribution in [0.1, 0.15) is 33.3 Å². The normalized spacial score (nSPS) is 12.1. The van der Waals surface area contributed by atoms with Crippen LogP contribution in [0, 0.1) is 0 Å². The first-order chi connectivity index (χ1) is 11.4. The van der Waals surface area contributed by atoms with Crippen LogP contribution in [-0.2, 0) is 14.3 Å². The molecule has 0 heterocycles. The van der Waals surface area contributed by atoms with Crippen LogP contribution in [0.5, 0.6) is 11.5 Å². The highest BCUT2D eigenvalue weighted by atomic mass is 16.5. The van der Waals surface area contributed by atoms with Crippen molar-refractivity contribution in [2.24, 2.45) is 0 Å². The molecule has 0 radical (unpaired) electrons. The molecule has 1 amide bonds. The Morgan fingerprint density at radius 2 is 1.92 bits per heavy atom. The molecule has 0 bridgehead atoms. The lowest BCUT2D eigenvalue weighted by molar-refractivity contribution is -0.150. The van der Waals surface area contributed by atoms with Crippen molar-refractivity contribution in [3.63, 3.8) is 0 Å². The van der Waals surface area contributed by atoms with E-state index in [1.54, 1.807) is 38.3 Å². The van der Waals surface area contributed by atoms with Crippen molar-refractivity contribution in [1.82, 2.24) is 5.32 Å². The van der Waals surface area contributed by atoms with Crippen molar-refractivity contribution in [3.8, 4) is 11.5 Å². The van der Waals surface area contributed by atoms with E-state index < -0.39 is 12.1 Å². The van der Waals surface area contributed by atoms with Gasteiger partial charge in [0.25, 0.3) is 5.91 Å². The monoisotopic (exact) mass is 335 g/mol.